The zero-order valence-electron chi connectivity index (χ0n) is 18.5. The van der Waals surface area contributed by atoms with E-state index in [1.54, 1.807) is 0 Å². The van der Waals surface area contributed by atoms with Crippen LogP contribution in [0.15, 0.2) is 23.2 Å². The zero-order valence-corrected chi connectivity index (χ0v) is 18.5. The second-order valence-corrected chi connectivity index (χ2v) is 8.50. The van der Waals surface area contributed by atoms with E-state index in [1.807, 2.05) is 7.05 Å². The number of unbranched alkanes of at least 4 members (excludes halogenated alkanes) is 2. The molecule has 0 bridgehead atoms. The standard InChI is InChI=1S/C23H40N6/c1-20-10-9-11-22(26-20)29-18-12-21(13-19-29)27-23(24-2)25-14-5-3-6-15-28-16-7-4-8-17-28/h9-11,21H,3-8,12-19H2,1-2H3,(H2,24,25,27). The van der Waals surface area contributed by atoms with Gasteiger partial charge in [0.25, 0.3) is 0 Å². The van der Waals surface area contributed by atoms with Crippen molar-refractivity contribution in [3.05, 3.63) is 23.9 Å². The van der Waals surface area contributed by atoms with Crippen LogP contribution < -0.4 is 15.5 Å². The molecule has 2 aliphatic heterocycles. The van der Waals surface area contributed by atoms with Crippen molar-refractivity contribution in [1.82, 2.24) is 20.5 Å². The van der Waals surface area contributed by atoms with Gasteiger partial charge in [0.15, 0.2) is 5.96 Å². The lowest BCUT2D eigenvalue weighted by Gasteiger charge is -2.34. The van der Waals surface area contributed by atoms with Gasteiger partial charge in [-0.25, -0.2) is 4.98 Å². The molecule has 0 aromatic carbocycles. The van der Waals surface area contributed by atoms with Crippen molar-refractivity contribution < 1.29 is 0 Å². The van der Waals surface area contributed by atoms with Crippen LogP contribution in [0.5, 0.6) is 0 Å². The van der Waals surface area contributed by atoms with Crippen molar-refractivity contribution in [2.24, 2.45) is 4.99 Å². The summed E-state index contributed by atoms with van der Waals surface area (Å²) in [7, 11) is 1.87. The second-order valence-electron chi connectivity index (χ2n) is 8.50. The minimum Gasteiger partial charge on any atom is -0.356 e. The predicted octanol–water partition coefficient (Wildman–Crippen LogP) is 3.18. The third-order valence-corrected chi connectivity index (χ3v) is 6.15. The second kappa shape index (κ2) is 12.0. The van der Waals surface area contributed by atoms with Crippen LogP contribution in [0.25, 0.3) is 0 Å². The molecule has 2 fully saturated rings. The normalized spacial score (nSPS) is 19.4. The van der Waals surface area contributed by atoms with Crippen molar-refractivity contribution in [3.8, 4) is 0 Å². The van der Waals surface area contributed by atoms with E-state index in [0.29, 0.717) is 6.04 Å². The summed E-state index contributed by atoms with van der Waals surface area (Å²) in [4.78, 5) is 14.1. The topological polar surface area (TPSA) is 55.8 Å². The van der Waals surface area contributed by atoms with Gasteiger partial charge in [-0.15, -0.1) is 0 Å². The summed E-state index contributed by atoms with van der Waals surface area (Å²) < 4.78 is 0. The van der Waals surface area contributed by atoms with Crippen molar-refractivity contribution >= 4 is 11.8 Å². The van der Waals surface area contributed by atoms with Gasteiger partial charge < -0.3 is 20.4 Å². The monoisotopic (exact) mass is 400 g/mol. The molecule has 2 aliphatic rings. The SMILES string of the molecule is CN=C(NCCCCCN1CCCCC1)NC1CCN(c2cccc(C)n2)CC1. The third-order valence-electron chi connectivity index (χ3n) is 6.15. The van der Waals surface area contributed by atoms with E-state index in [2.05, 4.69) is 55.5 Å². The van der Waals surface area contributed by atoms with Gasteiger partial charge in [0, 0.05) is 38.4 Å². The number of aryl methyl sites for hydroxylation is 1. The molecule has 2 N–H and O–H groups in total. The summed E-state index contributed by atoms with van der Waals surface area (Å²) in [5.41, 5.74) is 1.09. The fourth-order valence-corrected chi connectivity index (χ4v) is 4.37. The molecule has 2 saturated heterocycles. The largest absolute Gasteiger partial charge is 0.356 e. The fraction of sp³-hybridized carbons (Fsp3) is 0.739. The van der Waals surface area contributed by atoms with Crippen molar-refractivity contribution in [2.75, 3.05) is 51.2 Å². The Morgan fingerprint density at radius 2 is 1.86 bits per heavy atom. The number of hydrogen-bond acceptors (Lipinski definition) is 4. The maximum Gasteiger partial charge on any atom is 0.191 e. The Labute approximate surface area is 177 Å². The number of guanidine groups is 1. The Kier molecular flexibility index (Phi) is 9.06. The van der Waals surface area contributed by atoms with Crippen molar-refractivity contribution in [3.63, 3.8) is 0 Å². The van der Waals surface area contributed by atoms with Crippen molar-refractivity contribution in [1.29, 1.82) is 0 Å². The number of pyridine rings is 1. The van der Waals surface area contributed by atoms with E-state index in [0.717, 1.165) is 49.9 Å². The molecule has 1 aromatic heterocycles. The molecule has 0 spiro atoms. The van der Waals surface area contributed by atoms with E-state index >= 15 is 0 Å². The summed E-state index contributed by atoms with van der Waals surface area (Å²) in [5.74, 6) is 2.06. The number of nitrogens with zero attached hydrogens (tertiary/aromatic N) is 4. The van der Waals surface area contributed by atoms with Gasteiger partial charge in [-0.1, -0.05) is 18.9 Å². The molecule has 162 valence electrons. The van der Waals surface area contributed by atoms with E-state index in [9.17, 15) is 0 Å². The first-order valence-corrected chi connectivity index (χ1v) is 11.6. The lowest BCUT2D eigenvalue weighted by molar-refractivity contribution is 0.224. The Morgan fingerprint density at radius 3 is 2.59 bits per heavy atom. The number of hydrogen-bond donors (Lipinski definition) is 2. The highest BCUT2D eigenvalue weighted by molar-refractivity contribution is 5.79. The molecule has 0 saturated carbocycles. The quantitative estimate of drug-likeness (QED) is 0.399. The Balaban J connectivity index is 1.27. The summed E-state index contributed by atoms with van der Waals surface area (Å²) in [5, 5.41) is 7.12. The van der Waals surface area contributed by atoms with Gasteiger partial charge in [-0.05, 0) is 77.2 Å². The summed E-state index contributed by atoms with van der Waals surface area (Å²) in [6.07, 6.45) is 10.3. The van der Waals surface area contributed by atoms with E-state index in [4.69, 9.17) is 0 Å². The lowest BCUT2D eigenvalue weighted by atomic mass is 10.1. The molecule has 0 aliphatic carbocycles. The van der Waals surface area contributed by atoms with Crippen LogP contribution in [0.4, 0.5) is 5.82 Å². The molecule has 3 heterocycles. The number of piperidine rings is 2. The molecule has 0 atom stereocenters. The number of rotatable bonds is 8. The van der Waals surface area contributed by atoms with Crippen LogP contribution in [0.2, 0.25) is 0 Å². The van der Waals surface area contributed by atoms with Crippen LogP contribution in [0.1, 0.15) is 57.1 Å². The zero-order chi connectivity index (χ0) is 20.3. The molecule has 6 nitrogen and oxygen atoms in total. The number of likely N-dealkylation sites (tertiary alicyclic amines) is 1. The van der Waals surface area contributed by atoms with Gasteiger partial charge in [0.2, 0.25) is 0 Å². The van der Waals surface area contributed by atoms with E-state index < -0.39 is 0 Å². The smallest absolute Gasteiger partial charge is 0.191 e. The summed E-state index contributed by atoms with van der Waals surface area (Å²) >= 11 is 0. The average Bonchev–Trinajstić information content (AvgIpc) is 2.76. The summed E-state index contributed by atoms with van der Waals surface area (Å²) in [6, 6.07) is 6.76. The molecule has 0 unspecified atom stereocenters. The fourth-order valence-electron chi connectivity index (χ4n) is 4.37. The molecule has 1 aromatic rings. The number of aromatic nitrogens is 1. The number of nitrogens with one attached hydrogen (secondary N) is 2. The highest BCUT2D eigenvalue weighted by Gasteiger charge is 2.20. The molecule has 0 amide bonds. The molecule has 29 heavy (non-hydrogen) atoms. The number of aliphatic imine (C=N–C) groups is 1. The van der Waals surface area contributed by atoms with Gasteiger partial charge >= 0.3 is 0 Å². The van der Waals surface area contributed by atoms with Gasteiger partial charge in [-0.2, -0.15) is 0 Å². The predicted molar refractivity (Wildman–Crippen MR) is 123 cm³/mol. The Morgan fingerprint density at radius 1 is 1.07 bits per heavy atom. The molecule has 3 rings (SSSR count). The third kappa shape index (κ3) is 7.50. The maximum atomic E-state index is 4.66. The minimum atomic E-state index is 0.487. The highest BCUT2D eigenvalue weighted by atomic mass is 15.2. The first-order valence-electron chi connectivity index (χ1n) is 11.6. The Bertz CT molecular complexity index is 618. The Hall–Kier alpha value is -1.82. The highest BCUT2D eigenvalue weighted by Crippen LogP contribution is 2.18. The molecular weight excluding hydrogens is 360 g/mol. The maximum absolute atomic E-state index is 4.66. The molecular formula is C23H40N6. The average molecular weight is 401 g/mol. The van der Waals surface area contributed by atoms with Gasteiger partial charge in [0.05, 0.1) is 0 Å². The van der Waals surface area contributed by atoms with Crippen LogP contribution >= 0.6 is 0 Å². The lowest BCUT2D eigenvalue weighted by Crippen LogP contribution is -2.49. The summed E-state index contributed by atoms with van der Waals surface area (Å²) in [6.45, 7) is 9.05. The van der Waals surface area contributed by atoms with Crippen LogP contribution in [-0.4, -0.2) is 68.2 Å². The van der Waals surface area contributed by atoms with Gasteiger partial charge in [-0.3, -0.25) is 4.99 Å². The van der Waals surface area contributed by atoms with Crippen LogP contribution in [0.3, 0.4) is 0 Å². The van der Waals surface area contributed by atoms with Crippen LogP contribution in [0, 0.1) is 6.92 Å². The molecule has 6 heteroatoms. The van der Waals surface area contributed by atoms with Crippen molar-refractivity contribution in [2.45, 2.75) is 64.3 Å². The first-order chi connectivity index (χ1) is 14.2. The molecule has 0 radical (unpaired) electrons. The van der Waals surface area contributed by atoms with Gasteiger partial charge in [0.1, 0.15) is 5.82 Å². The minimum absolute atomic E-state index is 0.487. The first kappa shape index (κ1) is 21.9. The number of anilines is 1. The van der Waals surface area contributed by atoms with Crippen LogP contribution in [-0.2, 0) is 0 Å². The van der Waals surface area contributed by atoms with E-state index in [1.165, 1.54) is 58.2 Å². The van der Waals surface area contributed by atoms with E-state index in [-0.39, 0.29) is 0 Å².